The molecule has 1 heterocycles. The van der Waals surface area contributed by atoms with E-state index in [2.05, 4.69) is 0 Å². The van der Waals surface area contributed by atoms with E-state index in [0.717, 1.165) is 27.4 Å². The first-order chi connectivity index (χ1) is 14.6. The molecule has 0 saturated carbocycles. The molecule has 7 nitrogen and oxygen atoms in total. The molecule has 1 N–H and O–H groups in total. The van der Waals surface area contributed by atoms with Crippen molar-refractivity contribution in [1.29, 1.82) is 0 Å². The number of nitrogens with zero attached hydrogens (tertiary/aromatic N) is 1. The molecule has 0 radical (unpaired) electrons. The molecule has 1 aromatic heterocycles. The lowest BCUT2D eigenvalue weighted by atomic mass is 10.1. The highest BCUT2D eigenvalue weighted by Gasteiger charge is 2.19. The van der Waals surface area contributed by atoms with Crippen LogP contribution in [0.5, 0.6) is 28.7 Å². The zero-order valence-electron chi connectivity index (χ0n) is 17.4. The maximum absolute atomic E-state index is 10.1. The van der Waals surface area contributed by atoms with Gasteiger partial charge in [-0.05, 0) is 35.9 Å². The van der Waals surface area contributed by atoms with Gasteiger partial charge in [-0.25, -0.2) is 4.98 Å². The van der Waals surface area contributed by atoms with E-state index in [1.807, 2.05) is 23.6 Å². The lowest BCUT2D eigenvalue weighted by Crippen LogP contribution is -1.98. The zero-order valence-corrected chi connectivity index (χ0v) is 18.2. The third-order valence-electron chi connectivity index (χ3n) is 4.42. The summed E-state index contributed by atoms with van der Waals surface area (Å²) in [5.74, 6) is 2.04. The van der Waals surface area contributed by atoms with Gasteiger partial charge in [-0.15, -0.1) is 11.3 Å². The van der Waals surface area contributed by atoms with Crippen LogP contribution >= 0.6 is 11.3 Å². The van der Waals surface area contributed by atoms with Crippen molar-refractivity contribution in [2.24, 2.45) is 0 Å². The first kappa shape index (κ1) is 21.3. The van der Waals surface area contributed by atoms with Crippen LogP contribution in [0.15, 0.2) is 42.0 Å². The van der Waals surface area contributed by atoms with Crippen molar-refractivity contribution in [3.05, 3.63) is 52.5 Å². The van der Waals surface area contributed by atoms with Crippen LogP contribution in [0.2, 0.25) is 0 Å². The second kappa shape index (κ2) is 9.41. The summed E-state index contributed by atoms with van der Waals surface area (Å²) in [6.45, 7) is 0. The monoisotopic (exact) mass is 429 g/mol. The zero-order chi connectivity index (χ0) is 21.7. The molecular formula is C22H23NO6S. The Kier molecular flexibility index (Phi) is 6.68. The van der Waals surface area contributed by atoms with Gasteiger partial charge in [0.1, 0.15) is 5.01 Å². The molecule has 30 heavy (non-hydrogen) atoms. The van der Waals surface area contributed by atoms with E-state index in [1.54, 1.807) is 46.8 Å². The molecule has 0 fully saturated rings. The molecule has 0 unspecified atom stereocenters. The number of phenols is 1. The molecule has 0 atom stereocenters. The van der Waals surface area contributed by atoms with Gasteiger partial charge in [0.25, 0.3) is 0 Å². The van der Waals surface area contributed by atoms with Gasteiger partial charge in [0.15, 0.2) is 23.0 Å². The molecule has 8 heteroatoms. The Hall–Kier alpha value is -3.39. The number of aromatic hydroxyl groups is 1. The second-order valence-corrected chi connectivity index (χ2v) is 6.96. The quantitative estimate of drug-likeness (QED) is 0.525. The van der Waals surface area contributed by atoms with E-state index in [4.69, 9.17) is 28.7 Å². The van der Waals surface area contributed by atoms with Crippen LogP contribution in [-0.2, 0) is 4.74 Å². The number of hydrogen-bond donors (Lipinski definition) is 1. The molecule has 0 aliphatic carbocycles. The summed E-state index contributed by atoms with van der Waals surface area (Å²) in [5, 5.41) is 12.7. The van der Waals surface area contributed by atoms with Crippen molar-refractivity contribution < 1.29 is 28.8 Å². The van der Waals surface area contributed by atoms with Gasteiger partial charge >= 0.3 is 0 Å². The maximum Gasteiger partial charge on any atom is 0.203 e. The molecule has 158 valence electrons. The van der Waals surface area contributed by atoms with Gasteiger partial charge < -0.3 is 28.8 Å². The van der Waals surface area contributed by atoms with E-state index >= 15 is 0 Å². The van der Waals surface area contributed by atoms with Crippen LogP contribution in [-0.4, -0.2) is 45.6 Å². The molecule has 0 aliphatic heterocycles. The molecule has 0 bridgehead atoms. The summed E-state index contributed by atoms with van der Waals surface area (Å²) in [6.07, 6.45) is 1.62. The SMILES string of the molecule is CO/C=C(/c1cc(OC)c(OC)c(OC)c1)c1nc(-c2ccc(OC)c(O)c2)cs1. The average molecular weight is 429 g/mol. The van der Waals surface area contributed by atoms with Gasteiger partial charge in [0.2, 0.25) is 5.75 Å². The fourth-order valence-corrected chi connectivity index (χ4v) is 3.83. The second-order valence-electron chi connectivity index (χ2n) is 6.11. The molecule has 0 aliphatic rings. The largest absolute Gasteiger partial charge is 0.504 e. The van der Waals surface area contributed by atoms with Crippen LogP contribution in [0.1, 0.15) is 10.6 Å². The minimum Gasteiger partial charge on any atom is -0.504 e. The number of phenolic OH excluding ortho intramolecular Hbond substituents is 1. The standard InChI is InChI=1S/C22H23NO6S/c1-25-11-15(14-9-19(27-3)21(29-5)20(10-14)28-4)22-23-16(12-30-22)13-6-7-18(26-2)17(24)8-13/h6-12,24H,1-5H3/b15-11-. The molecule has 0 spiro atoms. The molecule has 0 amide bonds. The Bertz CT molecular complexity index is 1030. The summed E-state index contributed by atoms with van der Waals surface area (Å²) >= 11 is 1.45. The number of methoxy groups -OCH3 is 5. The van der Waals surface area contributed by atoms with Crippen molar-refractivity contribution in [3.8, 4) is 40.0 Å². The minimum atomic E-state index is 0.0573. The summed E-state index contributed by atoms with van der Waals surface area (Å²) in [5.41, 5.74) is 3.05. The highest BCUT2D eigenvalue weighted by atomic mass is 32.1. The van der Waals surface area contributed by atoms with Crippen LogP contribution in [0.25, 0.3) is 16.8 Å². The van der Waals surface area contributed by atoms with Gasteiger partial charge in [0.05, 0.1) is 53.1 Å². The summed E-state index contributed by atoms with van der Waals surface area (Å²) < 4.78 is 26.8. The van der Waals surface area contributed by atoms with E-state index in [0.29, 0.717) is 23.0 Å². The van der Waals surface area contributed by atoms with Gasteiger partial charge in [-0.2, -0.15) is 0 Å². The van der Waals surface area contributed by atoms with Crippen molar-refractivity contribution in [2.75, 3.05) is 35.5 Å². The number of aromatic nitrogens is 1. The van der Waals surface area contributed by atoms with E-state index in [-0.39, 0.29) is 5.75 Å². The Labute approximate surface area is 179 Å². The number of hydrogen-bond acceptors (Lipinski definition) is 8. The summed E-state index contributed by atoms with van der Waals surface area (Å²) in [6, 6.07) is 8.85. The average Bonchev–Trinajstić information content (AvgIpc) is 3.26. The lowest BCUT2D eigenvalue weighted by Gasteiger charge is -2.15. The van der Waals surface area contributed by atoms with Crippen molar-refractivity contribution in [2.45, 2.75) is 0 Å². The summed E-state index contributed by atoms with van der Waals surface area (Å²) in [7, 11) is 7.78. The Morgan fingerprint density at radius 2 is 1.57 bits per heavy atom. The lowest BCUT2D eigenvalue weighted by molar-refractivity contribution is 0.324. The number of ether oxygens (including phenoxy) is 5. The number of benzene rings is 2. The molecule has 3 rings (SSSR count). The number of thiazole rings is 1. The number of rotatable bonds is 8. The summed E-state index contributed by atoms with van der Waals surface area (Å²) in [4.78, 5) is 4.73. The third-order valence-corrected chi connectivity index (χ3v) is 5.30. The predicted molar refractivity (Wildman–Crippen MR) is 116 cm³/mol. The maximum atomic E-state index is 10.1. The normalized spacial score (nSPS) is 11.2. The van der Waals surface area contributed by atoms with Gasteiger partial charge in [-0.1, -0.05) is 0 Å². The van der Waals surface area contributed by atoms with Crippen molar-refractivity contribution in [3.63, 3.8) is 0 Å². The minimum absolute atomic E-state index is 0.0573. The van der Waals surface area contributed by atoms with Crippen LogP contribution in [0, 0.1) is 0 Å². The van der Waals surface area contributed by atoms with Crippen molar-refractivity contribution in [1.82, 2.24) is 4.98 Å². The van der Waals surface area contributed by atoms with Crippen LogP contribution in [0.4, 0.5) is 0 Å². The third kappa shape index (κ3) is 4.13. The van der Waals surface area contributed by atoms with Crippen LogP contribution in [0.3, 0.4) is 0 Å². The molecule has 3 aromatic rings. The Morgan fingerprint density at radius 3 is 2.10 bits per heavy atom. The highest BCUT2D eigenvalue weighted by Crippen LogP contribution is 2.42. The fourth-order valence-electron chi connectivity index (χ4n) is 2.98. The van der Waals surface area contributed by atoms with E-state index in [9.17, 15) is 5.11 Å². The first-order valence-electron chi connectivity index (χ1n) is 8.92. The highest BCUT2D eigenvalue weighted by molar-refractivity contribution is 7.11. The molecular weight excluding hydrogens is 406 g/mol. The topological polar surface area (TPSA) is 79.3 Å². The Balaban J connectivity index is 2.05. The first-order valence-corrected chi connectivity index (χ1v) is 9.80. The van der Waals surface area contributed by atoms with Gasteiger partial charge in [-0.3, -0.25) is 0 Å². The Morgan fingerprint density at radius 1 is 0.900 bits per heavy atom. The van der Waals surface area contributed by atoms with Gasteiger partial charge in [0, 0.05) is 10.9 Å². The smallest absolute Gasteiger partial charge is 0.203 e. The predicted octanol–water partition coefficient (Wildman–Crippen LogP) is 4.59. The van der Waals surface area contributed by atoms with Crippen LogP contribution < -0.4 is 18.9 Å². The van der Waals surface area contributed by atoms with Crippen molar-refractivity contribution >= 4 is 16.9 Å². The van der Waals surface area contributed by atoms with E-state index < -0.39 is 0 Å². The van der Waals surface area contributed by atoms with E-state index in [1.165, 1.54) is 18.4 Å². The molecule has 0 saturated heterocycles. The fraction of sp³-hybridized carbons (Fsp3) is 0.227. The molecule has 2 aromatic carbocycles.